The molecule has 0 spiro atoms. The van der Waals surface area contributed by atoms with Crippen LogP contribution in [-0.2, 0) is 0 Å². The molecule has 0 saturated carbocycles. The Morgan fingerprint density at radius 2 is 1.81 bits per heavy atom. The third-order valence-corrected chi connectivity index (χ3v) is 5.30. The zero-order chi connectivity index (χ0) is 21.2. The SMILES string of the molecule is C[C@H](NC(=O)c1cccc(-c2n[nH]c3ccc(-c4ncn[nH]4)cc23)c1)c1ccccc1. The van der Waals surface area contributed by atoms with Crippen LogP contribution in [0.1, 0.15) is 28.9 Å². The molecule has 3 N–H and O–H groups in total. The molecule has 0 aliphatic heterocycles. The summed E-state index contributed by atoms with van der Waals surface area (Å²) < 4.78 is 0. The standard InChI is InChI=1S/C24H20N6O/c1-15(16-6-3-2-4-7-16)27-24(31)19-9-5-8-17(12-19)22-20-13-18(23-25-14-26-30-23)10-11-21(20)28-29-22/h2-15H,1H3,(H,27,31)(H,28,29)(H,25,26,30)/t15-/m0/s1. The lowest BCUT2D eigenvalue weighted by molar-refractivity contribution is 0.0940. The summed E-state index contributed by atoms with van der Waals surface area (Å²) in [5.74, 6) is 0.567. The molecule has 0 radical (unpaired) electrons. The zero-order valence-corrected chi connectivity index (χ0v) is 16.8. The number of rotatable bonds is 5. The summed E-state index contributed by atoms with van der Waals surface area (Å²) in [6, 6.07) is 23.2. The van der Waals surface area contributed by atoms with E-state index in [0.29, 0.717) is 11.4 Å². The second-order valence-electron chi connectivity index (χ2n) is 7.35. The molecular weight excluding hydrogens is 388 g/mol. The topological polar surface area (TPSA) is 99.3 Å². The van der Waals surface area contributed by atoms with Crippen LogP contribution in [-0.4, -0.2) is 31.3 Å². The van der Waals surface area contributed by atoms with Crippen molar-refractivity contribution in [3.8, 4) is 22.6 Å². The lowest BCUT2D eigenvalue weighted by atomic mass is 10.0. The number of aromatic nitrogens is 5. The molecule has 1 amide bonds. The smallest absolute Gasteiger partial charge is 0.251 e. The maximum absolute atomic E-state index is 12.9. The molecule has 7 nitrogen and oxygen atoms in total. The first-order chi connectivity index (χ1) is 15.2. The van der Waals surface area contributed by atoms with Gasteiger partial charge in [0.25, 0.3) is 5.91 Å². The van der Waals surface area contributed by atoms with Crippen LogP contribution in [0.4, 0.5) is 0 Å². The monoisotopic (exact) mass is 408 g/mol. The molecule has 152 valence electrons. The van der Waals surface area contributed by atoms with Crippen LogP contribution >= 0.6 is 0 Å². The van der Waals surface area contributed by atoms with Gasteiger partial charge >= 0.3 is 0 Å². The normalized spacial score (nSPS) is 12.0. The van der Waals surface area contributed by atoms with Crippen molar-refractivity contribution < 1.29 is 4.79 Å². The minimum atomic E-state index is -0.125. The lowest BCUT2D eigenvalue weighted by Gasteiger charge is -2.14. The molecule has 7 heteroatoms. The second kappa shape index (κ2) is 7.87. The van der Waals surface area contributed by atoms with Gasteiger partial charge in [-0.15, -0.1) is 0 Å². The predicted molar refractivity (Wildman–Crippen MR) is 119 cm³/mol. The fraction of sp³-hybridized carbons (Fsp3) is 0.0833. The quantitative estimate of drug-likeness (QED) is 0.398. The molecule has 0 saturated heterocycles. The van der Waals surface area contributed by atoms with Crippen molar-refractivity contribution in [2.45, 2.75) is 13.0 Å². The molecule has 2 heterocycles. The van der Waals surface area contributed by atoms with Crippen molar-refractivity contribution in [3.05, 3.63) is 90.3 Å². The van der Waals surface area contributed by atoms with Crippen LogP contribution < -0.4 is 5.32 Å². The highest BCUT2D eigenvalue weighted by atomic mass is 16.1. The Balaban J connectivity index is 1.45. The number of hydrogen-bond donors (Lipinski definition) is 3. The number of hydrogen-bond acceptors (Lipinski definition) is 4. The minimum absolute atomic E-state index is 0.0898. The van der Waals surface area contributed by atoms with E-state index in [4.69, 9.17) is 0 Å². The maximum Gasteiger partial charge on any atom is 0.251 e. The Morgan fingerprint density at radius 1 is 0.935 bits per heavy atom. The number of carbonyl (C=O) groups is 1. The summed E-state index contributed by atoms with van der Waals surface area (Å²) in [7, 11) is 0. The van der Waals surface area contributed by atoms with Gasteiger partial charge in [-0.25, -0.2) is 4.98 Å². The Labute approximate surface area is 178 Å². The number of H-pyrrole nitrogens is 2. The predicted octanol–water partition coefficient (Wildman–Crippen LogP) is 4.51. The van der Waals surface area contributed by atoms with Crippen LogP contribution in [0, 0.1) is 0 Å². The van der Waals surface area contributed by atoms with Crippen LogP contribution in [0.15, 0.2) is 79.1 Å². The molecule has 31 heavy (non-hydrogen) atoms. The molecule has 3 aromatic carbocycles. The van der Waals surface area contributed by atoms with E-state index in [1.165, 1.54) is 6.33 Å². The Bertz CT molecular complexity index is 1340. The van der Waals surface area contributed by atoms with E-state index in [1.54, 1.807) is 0 Å². The van der Waals surface area contributed by atoms with E-state index in [9.17, 15) is 4.79 Å². The number of nitrogens with zero attached hydrogens (tertiary/aromatic N) is 3. The number of carbonyl (C=O) groups excluding carboxylic acids is 1. The van der Waals surface area contributed by atoms with Crippen LogP contribution in [0.2, 0.25) is 0 Å². The van der Waals surface area contributed by atoms with Crippen LogP contribution in [0.25, 0.3) is 33.5 Å². The number of nitrogens with one attached hydrogen (secondary N) is 3. The van der Waals surface area contributed by atoms with E-state index in [-0.39, 0.29) is 11.9 Å². The first-order valence-electron chi connectivity index (χ1n) is 9.99. The van der Waals surface area contributed by atoms with Gasteiger partial charge in [-0.05, 0) is 42.8 Å². The average molecular weight is 408 g/mol. The van der Waals surface area contributed by atoms with Gasteiger partial charge in [0.1, 0.15) is 6.33 Å². The number of aromatic amines is 2. The molecule has 0 bridgehead atoms. The van der Waals surface area contributed by atoms with Gasteiger partial charge in [-0.3, -0.25) is 15.0 Å². The molecule has 2 aromatic heterocycles. The Kier molecular flexibility index (Phi) is 4.76. The first kappa shape index (κ1) is 18.7. The van der Waals surface area contributed by atoms with Crippen molar-refractivity contribution in [3.63, 3.8) is 0 Å². The van der Waals surface area contributed by atoms with Crippen molar-refractivity contribution >= 4 is 16.8 Å². The molecule has 5 rings (SSSR count). The van der Waals surface area contributed by atoms with E-state index in [1.807, 2.05) is 79.7 Å². The summed E-state index contributed by atoms with van der Waals surface area (Å²) in [6.45, 7) is 1.98. The van der Waals surface area contributed by atoms with Gasteiger partial charge in [-0.2, -0.15) is 10.2 Å². The highest BCUT2D eigenvalue weighted by Gasteiger charge is 2.15. The maximum atomic E-state index is 12.9. The number of amides is 1. The second-order valence-corrected chi connectivity index (χ2v) is 7.35. The van der Waals surface area contributed by atoms with E-state index in [2.05, 4.69) is 30.7 Å². The van der Waals surface area contributed by atoms with Crippen molar-refractivity contribution in [2.75, 3.05) is 0 Å². The summed E-state index contributed by atoms with van der Waals surface area (Å²) in [5.41, 5.74) is 5.11. The van der Waals surface area contributed by atoms with Crippen molar-refractivity contribution in [2.24, 2.45) is 0 Å². The summed E-state index contributed by atoms with van der Waals surface area (Å²) in [4.78, 5) is 17.1. The fourth-order valence-corrected chi connectivity index (χ4v) is 3.64. The third kappa shape index (κ3) is 3.69. The van der Waals surface area contributed by atoms with Crippen molar-refractivity contribution in [1.29, 1.82) is 0 Å². The Morgan fingerprint density at radius 3 is 2.61 bits per heavy atom. The van der Waals surface area contributed by atoms with Crippen molar-refractivity contribution in [1.82, 2.24) is 30.7 Å². The zero-order valence-electron chi connectivity index (χ0n) is 16.8. The first-order valence-corrected chi connectivity index (χ1v) is 9.99. The highest BCUT2D eigenvalue weighted by Crippen LogP contribution is 2.30. The third-order valence-electron chi connectivity index (χ3n) is 5.30. The molecule has 0 aliphatic carbocycles. The highest BCUT2D eigenvalue weighted by molar-refractivity contribution is 5.99. The van der Waals surface area contributed by atoms with E-state index >= 15 is 0 Å². The lowest BCUT2D eigenvalue weighted by Crippen LogP contribution is -2.26. The average Bonchev–Trinajstić information content (AvgIpc) is 3.49. The molecule has 0 unspecified atom stereocenters. The van der Waals surface area contributed by atoms with Gasteiger partial charge in [0.05, 0.1) is 17.3 Å². The van der Waals surface area contributed by atoms with E-state index in [0.717, 1.165) is 33.3 Å². The van der Waals surface area contributed by atoms with Gasteiger partial charge in [0.2, 0.25) is 0 Å². The minimum Gasteiger partial charge on any atom is -0.346 e. The van der Waals surface area contributed by atoms with Gasteiger partial charge in [-0.1, -0.05) is 42.5 Å². The summed E-state index contributed by atoms with van der Waals surface area (Å²) in [5, 5.41) is 18.4. The number of fused-ring (bicyclic) bond motifs is 1. The molecule has 1 atom stereocenters. The van der Waals surface area contributed by atoms with Crippen LogP contribution in [0.3, 0.4) is 0 Å². The molecule has 5 aromatic rings. The number of benzene rings is 3. The van der Waals surface area contributed by atoms with Gasteiger partial charge < -0.3 is 5.32 Å². The Hall–Kier alpha value is -4.26. The van der Waals surface area contributed by atoms with Crippen LogP contribution in [0.5, 0.6) is 0 Å². The fourth-order valence-electron chi connectivity index (χ4n) is 3.64. The van der Waals surface area contributed by atoms with Gasteiger partial charge in [0, 0.05) is 22.1 Å². The van der Waals surface area contributed by atoms with Gasteiger partial charge in [0.15, 0.2) is 5.82 Å². The summed E-state index contributed by atoms with van der Waals surface area (Å²) in [6.07, 6.45) is 1.48. The molecular formula is C24H20N6O. The molecule has 0 aliphatic rings. The molecule has 0 fully saturated rings. The van der Waals surface area contributed by atoms with E-state index < -0.39 is 0 Å². The largest absolute Gasteiger partial charge is 0.346 e. The summed E-state index contributed by atoms with van der Waals surface area (Å²) >= 11 is 0.